The van der Waals surface area contributed by atoms with Gasteiger partial charge in [-0.1, -0.05) is 13.8 Å². The summed E-state index contributed by atoms with van der Waals surface area (Å²) in [7, 11) is 1.59. The van der Waals surface area contributed by atoms with Crippen LogP contribution < -0.4 is 16.0 Å². The minimum Gasteiger partial charge on any atom is -0.497 e. The highest BCUT2D eigenvalue weighted by Gasteiger charge is 2.26. The van der Waals surface area contributed by atoms with Crippen molar-refractivity contribution in [3.05, 3.63) is 23.8 Å². The molecule has 1 rings (SSSR count). The highest BCUT2D eigenvalue weighted by Crippen LogP contribution is 2.33. The van der Waals surface area contributed by atoms with Crippen LogP contribution in [0.3, 0.4) is 0 Å². The van der Waals surface area contributed by atoms with Gasteiger partial charge in [-0.05, 0) is 44.5 Å². The number of rotatable bonds is 5. The average Bonchev–Trinajstić information content (AvgIpc) is 2.36. The molecule has 6 heteroatoms. The van der Waals surface area contributed by atoms with Crippen LogP contribution >= 0.6 is 0 Å². The SMILES string of the molecule is COc1ccc(NC(=O)OC(C)(C)C)c(C(C)(C)CON)c1. The van der Waals surface area contributed by atoms with E-state index in [1.54, 1.807) is 19.2 Å². The fraction of sp³-hybridized carbons (Fsp3) is 0.562. The molecular formula is C16H26N2O4. The maximum Gasteiger partial charge on any atom is 0.412 e. The molecule has 0 radical (unpaired) electrons. The maximum atomic E-state index is 12.0. The smallest absolute Gasteiger partial charge is 0.412 e. The van der Waals surface area contributed by atoms with Crippen molar-refractivity contribution in [2.75, 3.05) is 19.0 Å². The molecule has 1 aromatic carbocycles. The first-order valence-electron chi connectivity index (χ1n) is 7.09. The number of benzene rings is 1. The van der Waals surface area contributed by atoms with Crippen LogP contribution in [0.4, 0.5) is 10.5 Å². The van der Waals surface area contributed by atoms with Crippen LogP contribution in [-0.2, 0) is 15.0 Å². The number of amides is 1. The summed E-state index contributed by atoms with van der Waals surface area (Å²) in [6.45, 7) is 9.67. The third-order valence-corrected chi connectivity index (χ3v) is 3.04. The second-order valence-corrected chi connectivity index (χ2v) is 6.73. The lowest BCUT2D eigenvalue weighted by Crippen LogP contribution is -2.30. The van der Waals surface area contributed by atoms with Crippen molar-refractivity contribution >= 4 is 11.8 Å². The maximum absolute atomic E-state index is 12.0. The lowest BCUT2D eigenvalue weighted by molar-refractivity contribution is 0.0635. The number of hydrogen-bond donors (Lipinski definition) is 2. The summed E-state index contributed by atoms with van der Waals surface area (Å²) in [5.41, 5.74) is 0.514. The molecule has 1 aromatic rings. The zero-order valence-electron chi connectivity index (χ0n) is 14.1. The van der Waals surface area contributed by atoms with Crippen LogP contribution in [0.5, 0.6) is 5.75 Å². The number of carbonyl (C=O) groups excluding carboxylic acids is 1. The van der Waals surface area contributed by atoms with E-state index in [1.807, 2.05) is 40.7 Å². The number of ether oxygens (including phenoxy) is 2. The van der Waals surface area contributed by atoms with Gasteiger partial charge < -0.3 is 14.3 Å². The van der Waals surface area contributed by atoms with Gasteiger partial charge >= 0.3 is 6.09 Å². The quantitative estimate of drug-likeness (QED) is 0.816. The van der Waals surface area contributed by atoms with E-state index in [9.17, 15) is 4.79 Å². The van der Waals surface area contributed by atoms with Crippen molar-refractivity contribution in [3.63, 3.8) is 0 Å². The normalized spacial score (nSPS) is 12.0. The first kappa shape index (κ1) is 18.3. The molecule has 0 unspecified atom stereocenters. The Labute approximate surface area is 131 Å². The summed E-state index contributed by atoms with van der Waals surface area (Å²) >= 11 is 0. The van der Waals surface area contributed by atoms with Crippen molar-refractivity contribution in [2.45, 2.75) is 45.6 Å². The van der Waals surface area contributed by atoms with E-state index in [0.717, 1.165) is 5.56 Å². The molecule has 0 aliphatic heterocycles. The van der Waals surface area contributed by atoms with E-state index in [-0.39, 0.29) is 0 Å². The Morgan fingerprint density at radius 2 is 1.86 bits per heavy atom. The Hall–Kier alpha value is -1.79. The third-order valence-electron chi connectivity index (χ3n) is 3.04. The standard InChI is InChI=1S/C16H26N2O4/c1-15(2,3)22-14(19)18-13-8-7-11(20-6)9-12(13)16(4,5)10-21-17/h7-9H,10,17H2,1-6H3,(H,18,19). The monoisotopic (exact) mass is 310 g/mol. The number of carbonyl (C=O) groups is 1. The molecule has 124 valence electrons. The van der Waals surface area contributed by atoms with Gasteiger partial charge in [-0.2, -0.15) is 0 Å². The Bertz CT molecular complexity index is 521. The topological polar surface area (TPSA) is 82.8 Å². The van der Waals surface area contributed by atoms with Crippen molar-refractivity contribution < 1.29 is 19.1 Å². The van der Waals surface area contributed by atoms with Gasteiger partial charge in [0.15, 0.2) is 0 Å². The van der Waals surface area contributed by atoms with Crippen molar-refractivity contribution in [1.29, 1.82) is 0 Å². The molecule has 0 aromatic heterocycles. The highest BCUT2D eigenvalue weighted by atomic mass is 16.6. The minimum atomic E-state index is -0.563. The molecule has 0 saturated carbocycles. The number of anilines is 1. The zero-order valence-corrected chi connectivity index (χ0v) is 14.1. The fourth-order valence-corrected chi connectivity index (χ4v) is 2.02. The van der Waals surface area contributed by atoms with Crippen LogP contribution in [0.2, 0.25) is 0 Å². The largest absolute Gasteiger partial charge is 0.497 e. The first-order chi connectivity index (χ1) is 10.1. The van der Waals surface area contributed by atoms with Gasteiger partial charge in [0.2, 0.25) is 0 Å². The Morgan fingerprint density at radius 1 is 1.23 bits per heavy atom. The van der Waals surface area contributed by atoms with E-state index >= 15 is 0 Å². The van der Waals surface area contributed by atoms with Gasteiger partial charge in [0.1, 0.15) is 11.4 Å². The van der Waals surface area contributed by atoms with E-state index in [2.05, 4.69) is 5.32 Å². The van der Waals surface area contributed by atoms with Gasteiger partial charge in [-0.15, -0.1) is 0 Å². The first-order valence-corrected chi connectivity index (χ1v) is 7.09. The molecule has 0 saturated heterocycles. The van der Waals surface area contributed by atoms with E-state index < -0.39 is 17.1 Å². The van der Waals surface area contributed by atoms with Crippen LogP contribution in [0.15, 0.2) is 18.2 Å². The molecule has 0 atom stereocenters. The summed E-state index contributed by atoms with van der Waals surface area (Å²) in [4.78, 5) is 16.8. The molecule has 0 aliphatic carbocycles. The van der Waals surface area contributed by atoms with Crippen LogP contribution in [0.25, 0.3) is 0 Å². The van der Waals surface area contributed by atoms with Gasteiger partial charge in [0.05, 0.1) is 13.7 Å². The van der Waals surface area contributed by atoms with Gasteiger partial charge in [-0.3, -0.25) is 5.32 Å². The summed E-state index contributed by atoms with van der Waals surface area (Å²) < 4.78 is 10.5. The van der Waals surface area contributed by atoms with Crippen LogP contribution in [-0.4, -0.2) is 25.4 Å². The third kappa shape index (κ3) is 5.20. The predicted molar refractivity (Wildman–Crippen MR) is 86.0 cm³/mol. The molecule has 0 spiro atoms. The average molecular weight is 310 g/mol. The lowest BCUT2D eigenvalue weighted by Gasteiger charge is -2.27. The summed E-state index contributed by atoms with van der Waals surface area (Å²) in [5, 5.41) is 2.77. The van der Waals surface area contributed by atoms with Gasteiger partial charge in [0.25, 0.3) is 0 Å². The van der Waals surface area contributed by atoms with Crippen molar-refractivity contribution in [2.24, 2.45) is 5.90 Å². The van der Waals surface area contributed by atoms with Crippen LogP contribution in [0.1, 0.15) is 40.2 Å². The summed E-state index contributed by atoms with van der Waals surface area (Å²) in [6.07, 6.45) is -0.511. The number of hydrogen-bond acceptors (Lipinski definition) is 5. The molecule has 0 heterocycles. The molecule has 1 amide bonds. The molecule has 0 bridgehead atoms. The molecule has 3 N–H and O–H groups in total. The molecule has 22 heavy (non-hydrogen) atoms. The molecule has 0 fully saturated rings. The van der Waals surface area contributed by atoms with E-state index in [0.29, 0.717) is 18.0 Å². The van der Waals surface area contributed by atoms with Gasteiger partial charge in [-0.25, -0.2) is 10.7 Å². The summed E-state index contributed by atoms with van der Waals surface area (Å²) in [5.74, 6) is 5.90. The van der Waals surface area contributed by atoms with Crippen LogP contribution in [0, 0.1) is 0 Å². The number of nitrogens with one attached hydrogen (secondary N) is 1. The Kier molecular flexibility index (Phi) is 5.79. The molecule has 6 nitrogen and oxygen atoms in total. The van der Waals surface area contributed by atoms with Crippen molar-refractivity contribution in [1.82, 2.24) is 0 Å². The van der Waals surface area contributed by atoms with Crippen molar-refractivity contribution in [3.8, 4) is 5.75 Å². The minimum absolute atomic E-state index is 0.295. The van der Waals surface area contributed by atoms with Gasteiger partial charge in [0, 0.05) is 11.1 Å². The lowest BCUT2D eigenvalue weighted by atomic mass is 9.84. The number of methoxy groups -OCH3 is 1. The second kappa shape index (κ2) is 6.98. The highest BCUT2D eigenvalue weighted by molar-refractivity contribution is 5.86. The van der Waals surface area contributed by atoms with E-state index in [1.165, 1.54) is 0 Å². The molecular weight excluding hydrogens is 284 g/mol. The number of nitrogens with two attached hydrogens (primary N) is 1. The Balaban J connectivity index is 3.11. The summed E-state index contributed by atoms with van der Waals surface area (Å²) in [6, 6.07) is 5.40. The zero-order chi connectivity index (χ0) is 17.0. The second-order valence-electron chi connectivity index (χ2n) is 6.73. The Morgan fingerprint density at radius 3 is 2.36 bits per heavy atom. The van der Waals surface area contributed by atoms with E-state index in [4.69, 9.17) is 20.2 Å². The molecule has 0 aliphatic rings. The fourth-order valence-electron chi connectivity index (χ4n) is 2.02. The predicted octanol–water partition coefficient (Wildman–Crippen LogP) is 3.21.